The van der Waals surface area contributed by atoms with Crippen LogP contribution in [0.15, 0.2) is 0 Å². The Morgan fingerprint density at radius 3 is 2.30 bits per heavy atom. The molecule has 172 valence electrons. The number of carbonyl (C=O) groups excluding carboxylic acids is 3. The van der Waals surface area contributed by atoms with Crippen LogP contribution in [0.5, 0.6) is 0 Å². The van der Waals surface area contributed by atoms with E-state index in [4.69, 9.17) is 10.5 Å². The van der Waals surface area contributed by atoms with Gasteiger partial charge in [-0.25, -0.2) is 0 Å². The van der Waals surface area contributed by atoms with Gasteiger partial charge in [0.05, 0.1) is 19.1 Å². The van der Waals surface area contributed by atoms with Crippen molar-refractivity contribution in [3.05, 3.63) is 0 Å². The fourth-order valence-corrected chi connectivity index (χ4v) is 4.77. The van der Waals surface area contributed by atoms with E-state index in [-0.39, 0.29) is 35.2 Å². The summed E-state index contributed by atoms with van der Waals surface area (Å²) in [6.07, 6.45) is 4.92. The van der Waals surface area contributed by atoms with Gasteiger partial charge in [0.2, 0.25) is 11.8 Å². The number of hydrogen-bond acceptors (Lipinski definition) is 6. The van der Waals surface area contributed by atoms with Gasteiger partial charge >= 0.3 is 5.97 Å². The van der Waals surface area contributed by atoms with Crippen LogP contribution in [0.4, 0.5) is 0 Å². The van der Waals surface area contributed by atoms with Crippen LogP contribution in [0.1, 0.15) is 59.3 Å². The number of methoxy groups -OCH3 is 1. The lowest BCUT2D eigenvalue weighted by Crippen LogP contribution is -2.58. The molecule has 1 aliphatic carbocycles. The average Bonchev–Trinajstić information content (AvgIpc) is 3.21. The summed E-state index contributed by atoms with van der Waals surface area (Å²) >= 11 is 0. The minimum Gasteiger partial charge on any atom is -0.469 e. The van der Waals surface area contributed by atoms with Gasteiger partial charge in [-0.15, -0.1) is 0 Å². The SMILES string of the molecule is CNC(=O)[C@@H]1CCCN1C(=O)[C@@H](NCC(N)C1CCC(C(=O)OC)CC1)C(C)(C)C. The van der Waals surface area contributed by atoms with Crippen molar-refractivity contribution in [2.24, 2.45) is 23.0 Å². The third kappa shape index (κ3) is 5.94. The molecule has 2 rings (SSSR count). The number of esters is 1. The predicted octanol–water partition coefficient (Wildman–Crippen LogP) is 1.03. The molecule has 8 heteroatoms. The smallest absolute Gasteiger partial charge is 0.308 e. The Kier molecular flexibility index (Phi) is 8.67. The zero-order valence-corrected chi connectivity index (χ0v) is 19.2. The summed E-state index contributed by atoms with van der Waals surface area (Å²) in [6, 6.07) is -0.897. The van der Waals surface area contributed by atoms with Crippen LogP contribution < -0.4 is 16.4 Å². The molecule has 0 radical (unpaired) electrons. The number of nitrogens with two attached hydrogens (primary N) is 1. The maximum absolute atomic E-state index is 13.4. The summed E-state index contributed by atoms with van der Waals surface area (Å²) in [5.41, 5.74) is 6.17. The van der Waals surface area contributed by atoms with Crippen LogP contribution >= 0.6 is 0 Å². The molecule has 2 amide bonds. The van der Waals surface area contributed by atoms with Gasteiger partial charge in [0.1, 0.15) is 6.04 Å². The topological polar surface area (TPSA) is 114 Å². The van der Waals surface area contributed by atoms with E-state index in [1.54, 1.807) is 11.9 Å². The Balaban J connectivity index is 1.96. The summed E-state index contributed by atoms with van der Waals surface area (Å²) in [5, 5.41) is 6.09. The van der Waals surface area contributed by atoms with Crippen LogP contribution in [0.25, 0.3) is 0 Å². The molecule has 2 fully saturated rings. The molecule has 3 atom stereocenters. The lowest BCUT2D eigenvalue weighted by atomic mass is 9.78. The Labute approximate surface area is 180 Å². The van der Waals surface area contributed by atoms with Gasteiger partial charge in [-0.3, -0.25) is 14.4 Å². The Bertz CT molecular complexity index is 611. The van der Waals surface area contributed by atoms with E-state index < -0.39 is 12.1 Å². The molecule has 1 heterocycles. The summed E-state index contributed by atoms with van der Waals surface area (Å²) in [7, 11) is 3.04. The van der Waals surface area contributed by atoms with Crippen LogP contribution in [-0.2, 0) is 19.1 Å². The fourth-order valence-electron chi connectivity index (χ4n) is 4.77. The van der Waals surface area contributed by atoms with E-state index in [9.17, 15) is 14.4 Å². The molecule has 1 unspecified atom stereocenters. The standard InChI is InChI=1S/C22H40N4O4/c1-22(2,3)18(20(28)26-12-6-7-17(26)19(27)24-4)25-13-16(23)14-8-10-15(11-9-14)21(29)30-5/h14-18,25H,6-13,23H2,1-5H3,(H,24,27)/t14?,15?,16?,17-,18+/m0/s1. The molecule has 0 aromatic carbocycles. The third-order valence-corrected chi connectivity index (χ3v) is 6.67. The van der Waals surface area contributed by atoms with Crippen LogP contribution in [-0.4, -0.2) is 68.1 Å². The number of rotatable bonds is 7. The van der Waals surface area contributed by atoms with Gasteiger partial charge in [-0.1, -0.05) is 20.8 Å². The quantitative estimate of drug-likeness (QED) is 0.526. The number of ether oxygens (including phenoxy) is 1. The summed E-state index contributed by atoms with van der Waals surface area (Å²) < 4.78 is 4.86. The van der Waals surface area contributed by atoms with E-state index in [0.717, 1.165) is 32.1 Å². The lowest BCUT2D eigenvalue weighted by molar-refractivity contribution is -0.147. The molecule has 0 spiro atoms. The molecule has 8 nitrogen and oxygen atoms in total. The van der Waals surface area contributed by atoms with Crippen molar-refractivity contribution in [3.63, 3.8) is 0 Å². The first kappa shape index (κ1) is 24.6. The highest BCUT2D eigenvalue weighted by Gasteiger charge is 2.41. The Morgan fingerprint density at radius 1 is 1.13 bits per heavy atom. The van der Waals surface area contributed by atoms with Crippen molar-refractivity contribution < 1.29 is 19.1 Å². The third-order valence-electron chi connectivity index (χ3n) is 6.67. The van der Waals surface area contributed by atoms with E-state index >= 15 is 0 Å². The molecular weight excluding hydrogens is 384 g/mol. The number of nitrogens with zero attached hydrogens (tertiary/aromatic N) is 1. The first-order valence-electron chi connectivity index (χ1n) is 11.2. The maximum Gasteiger partial charge on any atom is 0.308 e. The minimum atomic E-state index is -0.416. The first-order chi connectivity index (χ1) is 14.1. The molecule has 1 aliphatic heterocycles. The monoisotopic (exact) mass is 424 g/mol. The molecular formula is C22H40N4O4. The number of hydrogen-bond donors (Lipinski definition) is 3. The molecule has 30 heavy (non-hydrogen) atoms. The van der Waals surface area contributed by atoms with Crippen LogP contribution in [0, 0.1) is 17.3 Å². The maximum atomic E-state index is 13.4. The van der Waals surface area contributed by atoms with Crippen molar-refractivity contribution in [1.82, 2.24) is 15.5 Å². The molecule has 1 saturated heterocycles. The molecule has 1 saturated carbocycles. The first-order valence-corrected chi connectivity index (χ1v) is 11.2. The van der Waals surface area contributed by atoms with Crippen molar-refractivity contribution in [3.8, 4) is 0 Å². The summed E-state index contributed by atoms with van der Waals surface area (Å²) in [6.45, 7) is 7.22. The van der Waals surface area contributed by atoms with E-state index in [1.165, 1.54) is 7.11 Å². The fraction of sp³-hybridized carbons (Fsp3) is 0.864. The second kappa shape index (κ2) is 10.6. The molecule has 0 aromatic heterocycles. The molecule has 2 aliphatic rings. The highest BCUT2D eigenvalue weighted by atomic mass is 16.5. The van der Waals surface area contributed by atoms with Gasteiger partial charge in [0.25, 0.3) is 0 Å². The van der Waals surface area contributed by atoms with Crippen LogP contribution in [0.3, 0.4) is 0 Å². The van der Waals surface area contributed by atoms with E-state index in [2.05, 4.69) is 10.6 Å². The Morgan fingerprint density at radius 2 is 1.77 bits per heavy atom. The van der Waals surface area contributed by atoms with Crippen molar-refractivity contribution in [2.45, 2.75) is 77.4 Å². The number of nitrogens with one attached hydrogen (secondary N) is 2. The van der Waals surface area contributed by atoms with Gasteiger partial charge in [0, 0.05) is 26.2 Å². The molecule has 4 N–H and O–H groups in total. The second-order valence-corrected chi connectivity index (χ2v) is 9.81. The number of likely N-dealkylation sites (tertiary alicyclic amines) is 1. The van der Waals surface area contributed by atoms with Crippen molar-refractivity contribution in [2.75, 3.05) is 27.2 Å². The highest BCUT2D eigenvalue weighted by molar-refractivity contribution is 5.90. The number of carbonyl (C=O) groups is 3. The molecule has 0 bridgehead atoms. The Hall–Kier alpha value is -1.67. The minimum absolute atomic E-state index is 0.0212. The van der Waals surface area contributed by atoms with Gasteiger partial charge in [0.15, 0.2) is 0 Å². The summed E-state index contributed by atoms with van der Waals surface area (Å²) in [5.74, 6) is 0.0317. The largest absolute Gasteiger partial charge is 0.469 e. The average molecular weight is 425 g/mol. The van der Waals surface area contributed by atoms with Crippen molar-refractivity contribution >= 4 is 17.8 Å². The van der Waals surface area contributed by atoms with Crippen molar-refractivity contribution in [1.29, 1.82) is 0 Å². The van der Waals surface area contributed by atoms with E-state index in [0.29, 0.717) is 25.4 Å². The predicted molar refractivity (Wildman–Crippen MR) is 115 cm³/mol. The molecule has 0 aromatic rings. The summed E-state index contributed by atoms with van der Waals surface area (Å²) in [4.78, 5) is 39.0. The number of likely N-dealkylation sites (N-methyl/N-ethyl adjacent to an activating group) is 1. The lowest BCUT2D eigenvalue weighted by Gasteiger charge is -2.37. The normalized spacial score (nSPS) is 26.7. The van der Waals surface area contributed by atoms with Gasteiger partial charge in [-0.05, 0) is 49.9 Å². The highest BCUT2D eigenvalue weighted by Crippen LogP contribution is 2.31. The van der Waals surface area contributed by atoms with Gasteiger partial charge < -0.3 is 26.0 Å². The van der Waals surface area contributed by atoms with E-state index in [1.807, 2.05) is 20.8 Å². The van der Waals surface area contributed by atoms with Crippen LogP contribution in [0.2, 0.25) is 0 Å². The zero-order chi connectivity index (χ0) is 22.5. The second-order valence-electron chi connectivity index (χ2n) is 9.81. The zero-order valence-electron chi connectivity index (χ0n) is 19.2. The van der Waals surface area contributed by atoms with Gasteiger partial charge in [-0.2, -0.15) is 0 Å². The number of amides is 2.